The van der Waals surface area contributed by atoms with Crippen molar-refractivity contribution in [3.05, 3.63) is 59.2 Å². The molecule has 0 aromatic heterocycles. The van der Waals surface area contributed by atoms with Gasteiger partial charge < -0.3 is 20.1 Å². The highest BCUT2D eigenvalue weighted by Crippen LogP contribution is 2.24. The van der Waals surface area contributed by atoms with Crippen molar-refractivity contribution in [1.29, 1.82) is 0 Å². The molecule has 2 aromatic carbocycles. The normalized spacial score (nSPS) is 16.5. The standard InChI is InChI=1S/C21H26N2O3/c1-15-9-10-17(22)12-19(15)21(24)23(14-18-7-5-11-26-18)13-16-6-3-4-8-20(16)25-2/h3-4,6,8-10,12,18H,5,7,11,13-14,22H2,1-2H3. The zero-order valence-corrected chi connectivity index (χ0v) is 15.4. The van der Waals surface area contributed by atoms with E-state index in [2.05, 4.69) is 0 Å². The van der Waals surface area contributed by atoms with Gasteiger partial charge in [-0.3, -0.25) is 4.79 Å². The van der Waals surface area contributed by atoms with Gasteiger partial charge in [-0.05, 0) is 43.5 Å². The van der Waals surface area contributed by atoms with Crippen LogP contribution in [-0.2, 0) is 11.3 Å². The van der Waals surface area contributed by atoms with E-state index in [-0.39, 0.29) is 12.0 Å². The summed E-state index contributed by atoms with van der Waals surface area (Å²) in [6.45, 7) is 3.72. The van der Waals surface area contributed by atoms with Gasteiger partial charge in [0.05, 0.1) is 13.2 Å². The maximum atomic E-state index is 13.3. The van der Waals surface area contributed by atoms with Crippen molar-refractivity contribution in [3.63, 3.8) is 0 Å². The molecule has 1 atom stereocenters. The van der Waals surface area contributed by atoms with Gasteiger partial charge in [0.1, 0.15) is 5.75 Å². The largest absolute Gasteiger partial charge is 0.496 e. The molecule has 0 bridgehead atoms. The van der Waals surface area contributed by atoms with Gasteiger partial charge in [-0.2, -0.15) is 0 Å². The molecule has 0 radical (unpaired) electrons. The fraction of sp³-hybridized carbons (Fsp3) is 0.381. The fourth-order valence-electron chi connectivity index (χ4n) is 3.33. The third-order valence-electron chi connectivity index (χ3n) is 4.78. The van der Waals surface area contributed by atoms with E-state index in [0.717, 1.165) is 36.3 Å². The Morgan fingerprint density at radius 1 is 1.31 bits per heavy atom. The van der Waals surface area contributed by atoms with Crippen LogP contribution in [0.3, 0.4) is 0 Å². The highest BCUT2D eigenvalue weighted by molar-refractivity contribution is 5.96. The molecule has 0 saturated carbocycles. The monoisotopic (exact) mass is 354 g/mol. The van der Waals surface area contributed by atoms with Gasteiger partial charge in [0.2, 0.25) is 0 Å². The van der Waals surface area contributed by atoms with Gasteiger partial charge in [-0.15, -0.1) is 0 Å². The van der Waals surface area contributed by atoms with E-state index in [9.17, 15) is 4.79 Å². The second kappa shape index (κ2) is 8.23. The molecule has 0 spiro atoms. The number of rotatable bonds is 6. The van der Waals surface area contributed by atoms with Gasteiger partial charge in [-0.25, -0.2) is 0 Å². The van der Waals surface area contributed by atoms with Crippen LogP contribution < -0.4 is 10.5 Å². The Bertz CT molecular complexity index is 770. The lowest BCUT2D eigenvalue weighted by molar-refractivity contribution is 0.0505. The molecule has 2 aromatic rings. The van der Waals surface area contributed by atoms with Gasteiger partial charge >= 0.3 is 0 Å². The molecular weight excluding hydrogens is 328 g/mol. The summed E-state index contributed by atoms with van der Waals surface area (Å²) >= 11 is 0. The number of benzene rings is 2. The Hall–Kier alpha value is -2.53. The van der Waals surface area contributed by atoms with Crippen molar-refractivity contribution in [2.75, 3.05) is 26.0 Å². The molecule has 1 saturated heterocycles. The maximum absolute atomic E-state index is 13.3. The Morgan fingerprint density at radius 2 is 2.12 bits per heavy atom. The first-order chi connectivity index (χ1) is 12.6. The van der Waals surface area contributed by atoms with Gasteiger partial charge in [0, 0.05) is 36.5 Å². The van der Waals surface area contributed by atoms with Crippen LogP contribution in [0.5, 0.6) is 5.75 Å². The molecule has 5 heteroatoms. The third-order valence-corrected chi connectivity index (χ3v) is 4.78. The third kappa shape index (κ3) is 4.17. The minimum absolute atomic E-state index is 0.0313. The van der Waals surface area contributed by atoms with Gasteiger partial charge in [0.15, 0.2) is 0 Å². The first-order valence-corrected chi connectivity index (χ1v) is 8.97. The smallest absolute Gasteiger partial charge is 0.254 e. The average Bonchev–Trinajstić information content (AvgIpc) is 3.16. The van der Waals surface area contributed by atoms with Crippen molar-refractivity contribution in [2.45, 2.75) is 32.4 Å². The number of hydrogen-bond acceptors (Lipinski definition) is 4. The van der Waals surface area contributed by atoms with E-state index >= 15 is 0 Å². The number of nitrogens with two attached hydrogens (primary N) is 1. The van der Waals surface area contributed by atoms with Crippen LogP contribution in [0.4, 0.5) is 5.69 Å². The average molecular weight is 354 g/mol. The summed E-state index contributed by atoms with van der Waals surface area (Å²) in [5, 5.41) is 0. The highest BCUT2D eigenvalue weighted by Gasteiger charge is 2.25. The van der Waals surface area contributed by atoms with E-state index in [4.69, 9.17) is 15.2 Å². The molecule has 3 rings (SSSR count). The number of nitrogen functional groups attached to an aromatic ring is 1. The van der Waals surface area contributed by atoms with Crippen molar-refractivity contribution >= 4 is 11.6 Å². The van der Waals surface area contributed by atoms with E-state index in [0.29, 0.717) is 24.3 Å². The Balaban J connectivity index is 1.89. The van der Waals surface area contributed by atoms with Crippen molar-refractivity contribution < 1.29 is 14.3 Å². The first kappa shape index (κ1) is 18.3. The number of methoxy groups -OCH3 is 1. The molecule has 1 heterocycles. The Morgan fingerprint density at radius 3 is 2.85 bits per heavy atom. The topological polar surface area (TPSA) is 64.8 Å². The lowest BCUT2D eigenvalue weighted by Gasteiger charge is -2.27. The molecule has 1 amide bonds. The number of nitrogens with zero attached hydrogens (tertiary/aromatic N) is 1. The van der Waals surface area contributed by atoms with Crippen molar-refractivity contribution in [1.82, 2.24) is 4.90 Å². The summed E-state index contributed by atoms with van der Waals surface area (Å²) in [6.07, 6.45) is 2.10. The molecular formula is C21H26N2O3. The highest BCUT2D eigenvalue weighted by atomic mass is 16.5. The number of anilines is 1. The number of hydrogen-bond donors (Lipinski definition) is 1. The number of carbonyl (C=O) groups is 1. The van der Waals surface area contributed by atoms with E-state index in [1.54, 1.807) is 13.2 Å². The van der Waals surface area contributed by atoms with Crippen molar-refractivity contribution in [3.8, 4) is 5.75 Å². The predicted molar refractivity (Wildman–Crippen MR) is 102 cm³/mol. The van der Waals surface area contributed by atoms with Crippen LogP contribution >= 0.6 is 0 Å². The summed E-state index contributed by atoms with van der Waals surface area (Å²) in [5.41, 5.74) is 9.03. The van der Waals surface area contributed by atoms with E-state index in [1.165, 1.54) is 0 Å². The molecule has 2 N–H and O–H groups in total. The molecule has 5 nitrogen and oxygen atoms in total. The predicted octanol–water partition coefficient (Wildman–Crippen LogP) is 3.41. The number of ether oxygens (including phenoxy) is 2. The van der Waals surface area contributed by atoms with Crippen LogP contribution in [0.1, 0.15) is 34.3 Å². The SMILES string of the molecule is COc1ccccc1CN(CC1CCCO1)C(=O)c1cc(N)ccc1C. The van der Waals surface area contributed by atoms with Gasteiger partial charge in [-0.1, -0.05) is 24.3 Å². The van der Waals surface area contributed by atoms with Crippen LogP contribution in [0, 0.1) is 6.92 Å². The molecule has 1 unspecified atom stereocenters. The Labute approximate surface area is 154 Å². The molecule has 1 aliphatic rings. The van der Waals surface area contributed by atoms with Crippen LogP contribution in [0.2, 0.25) is 0 Å². The van der Waals surface area contributed by atoms with Crippen LogP contribution in [-0.4, -0.2) is 37.2 Å². The maximum Gasteiger partial charge on any atom is 0.254 e. The summed E-state index contributed by atoms with van der Waals surface area (Å²) in [5.74, 6) is 0.748. The zero-order valence-electron chi connectivity index (χ0n) is 15.4. The summed E-state index contributed by atoms with van der Waals surface area (Å²) < 4.78 is 11.2. The summed E-state index contributed by atoms with van der Waals surface area (Å²) in [6, 6.07) is 13.2. The minimum atomic E-state index is -0.0313. The molecule has 138 valence electrons. The number of carbonyl (C=O) groups excluding carboxylic acids is 1. The van der Waals surface area contributed by atoms with Crippen LogP contribution in [0.25, 0.3) is 0 Å². The second-order valence-electron chi connectivity index (χ2n) is 6.71. The summed E-state index contributed by atoms with van der Waals surface area (Å²) in [4.78, 5) is 15.1. The molecule has 1 fully saturated rings. The molecule has 0 aliphatic carbocycles. The number of aryl methyl sites for hydroxylation is 1. The van der Waals surface area contributed by atoms with Gasteiger partial charge in [0.25, 0.3) is 5.91 Å². The van der Waals surface area contributed by atoms with Crippen LogP contribution in [0.15, 0.2) is 42.5 Å². The molecule has 26 heavy (non-hydrogen) atoms. The number of amides is 1. The quantitative estimate of drug-likeness (QED) is 0.808. The first-order valence-electron chi connectivity index (χ1n) is 8.97. The lowest BCUT2D eigenvalue weighted by atomic mass is 10.1. The Kier molecular flexibility index (Phi) is 5.78. The summed E-state index contributed by atoms with van der Waals surface area (Å²) in [7, 11) is 1.65. The van der Waals surface area contributed by atoms with E-state index in [1.807, 2.05) is 48.2 Å². The lowest BCUT2D eigenvalue weighted by Crippen LogP contribution is -2.37. The number of para-hydroxylation sites is 1. The van der Waals surface area contributed by atoms with Crippen molar-refractivity contribution in [2.24, 2.45) is 0 Å². The molecule has 1 aliphatic heterocycles. The second-order valence-corrected chi connectivity index (χ2v) is 6.71. The zero-order chi connectivity index (χ0) is 18.5. The fourth-order valence-corrected chi connectivity index (χ4v) is 3.33. The van der Waals surface area contributed by atoms with E-state index < -0.39 is 0 Å². The minimum Gasteiger partial charge on any atom is -0.496 e.